The Labute approximate surface area is 110 Å². The molecule has 1 nitrogen and oxygen atoms in total. The molecule has 0 aromatic heterocycles. The summed E-state index contributed by atoms with van der Waals surface area (Å²) in [5.74, 6) is 0. The van der Waals surface area contributed by atoms with E-state index in [9.17, 15) is 0 Å². The van der Waals surface area contributed by atoms with Gasteiger partial charge in [-0.05, 0) is 37.0 Å². The molecule has 2 rings (SSSR count). The third-order valence-corrected chi connectivity index (χ3v) is 3.61. The van der Waals surface area contributed by atoms with E-state index in [-0.39, 0.29) is 0 Å². The second-order valence-corrected chi connectivity index (χ2v) is 5.12. The molecule has 0 spiro atoms. The van der Waals surface area contributed by atoms with Crippen LogP contribution in [0.5, 0.6) is 0 Å². The monoisotopic (exact) mass is 239 g/mol. The predicted octanol–water partition coefficient (Wildman–Crippen LogP) is 3.78. The average molecular weight is 239 g/mol. The Morgan fingerprint density at radius 2 is 1.33 bits per heavy atom. The minimum Gasteiger partial charge on any atom is -0.318 e. The lowest BCUT2D eigenvalue weighted by molar-refractivity contribution is 0.602. The molecule has 0 saturated heterocycles. The molecule has 2 aromatic carbocycles. The predicted molar refractivity (Wildman–Crippen MR) is 77.6 cm³/mol. The van der Waals surface area contributed by atoms with Crippen LogP contribution in [0.1, 0.15) is 36.1 Å². The van der Waals surface area contributed by atoms with Gasteiger partial charge in [0.15, 0.2) is 0 Å². The fourth-order valence-corrected chi connectivity index (χ4v) is 2.15. The Morgan fingerprint density at radius 1 is 0.889 bits per heavy atom. The molecule has 0 aliphatic carbocycles. The first-order valence-corrected chi connectivity index (χ1v) is 6.49. The first-order chi connectivity index (χ1) is 8.54. The third kappa shape index (κ3) is 2.46. The van der Waals surface area contributed by atoms with Gasteiger partial charge in [0.2, 0.25) is 0 Å². The lowest BCUT2D eigenvalue weighted by Gasteiger charge is -2.26. The van der Waals surface area contributed by atoms with Crippen LogP contribution < -0.4 is 5.73 Å². The summed E-state index contributed by atoms with van der Waals surface area (Å²) in [6, 6.07) is 17.1. The van der Waals surface area contributed by atoms with Gasteiger partial charge in [0.1, 0.15) is 0 Å². The topological polar surface area (TPSA) is 26.0 Å². The normalized spacial score (nSPS) is 14.2. The zero-order valence-electron chi connectivity index (χ0n) is 11.4. The van der Waals surface area contributed by atoms with Gasteiger partial charge in [-0.1, -0.05) is 61.0 Å². The summed E-state index contributed by atoms with van der Waals surface area (Å²) in [6.45, 7) is 6.32. The molecule has 0 bridgehead atoms. The smallest absolute Gasteiger partial charge is 0.0636 e. The number of benzene rings is 2. The maximum Gasteiger partial charge on any atom is 0.0636 e. The zero-order valence-corrected chi connectivity index (χ0v) is 11.4. The summed E-state index contributed by atoms with van der Waals surface area (Å²) >= 11 is 0. The van der Waals surface area contributed by atoms with Crippen molar-refractivity contribution in [3.8, 4) is 0 Å². The Balaban J connectivity index is 2.37. The molecule has 1 heteroatoms. The van der Waals surface area contributed by atoms with Crippen LogP contribution in [0.3, 0.4) is 0 Å². The molecule has 18 heavy (non-hydrogen) atoms. The summed E-state index contributed by atoms with van der Waals surface area (Å²) in [7, 11) is 0. The van der Waals surface area contributed by atoms with Crippen molar-refractivity contribution in [2.24, 2.45) is 5.73 Å². The van der Waals surface area contributed by atoms with Gasteiger partial charge < -0.3 is 5.73 Å². The van der Waals surface area contributed by atoms with Crippen LogP contribution in [0.15, 0.2) is 48.5 Å². The minimum absolute atomic E-state index is 0.431. The van der Waals surface area contributed by atoms with Crippen LogP contribution in [0.2, 0.25) is 0 Å². The molecular formula is C17H21N. The highest BCUT2D eigenvalue weighted by Gasteiger charge is 2.23. The summed E-state index contributed by atoms with van der Waals surface area (Å²) in [5, 5.41) is 0. The van der Waals surface area contributed by atoms with E-state index in [1.54, 1.807) is 0 Å². The van der Waals surface area contributed by atoms with Gasteiger partial charge in [0, 0.05) is 0 Å². The molecule has 0 fully saturated rings. The molecule has 0 aliphatic heterocycles. The standard InChI is InChI=1S/C17H21N/c1-4-14-7-11-16(12-8-14)17(3,18)15-9-5-13(2)6-10-15/h5-12H,4,18H2,1-3H3. The molecule has 2 aromatic rings. The van der Waals surface area contributed by atoms with E-state index >= 15 is 0 Å². The third-order valence-electron chi connectivity index (χ3n) is 3.61. The Hall–Kier alpha value is -1.60. The van der Waals surface area contributed by atoms with Crippen LogP contribution in [-0.2, 0) is 12.0 Å². The summed E-state index contributed by atoms with van der Waals surface area (Å²) in [5.41, 5.74) is 11.0. The fraction of sp³-hybridized carbons (Fsp3) is 0.294. The molecular weight excluding hydrogens is 218 g/mol. The minimum atomic E-state index is -0.431. The first kappa shape index (κ1) is 12.8. The molecule has 0 heterocycles. The van der Waals surface area contributed by atoms with Gasteiger partial charge in [-0.3, -0.25) is 0 Å². The van der Waals surface area contributed by atoms with Crippen LogP contribution >= 0.6 is 0 Å². The Morgan fingerprint density at radius 3 is 1.78 bits per heavy atom. The summed E-state index contributed by atoms with van der Waals surface area (Å²) in [6.07, 6.45) is 1.06. The van der Waals surface area contributed by atoms with Gasteiger partial charge in [-0.25, -0.2) is 0 Å². The quantitative estimate of drug-likeness (QED) is 0.866. The highest BCUT2D eigenvalue weighted by molar-refractivity contribution is 5.39. The first-order valence-electron chi connectivity index (χ1n) is 6.49. The van der Waals surface area contributed by atoms with Gasteiger partial charge in [0.25, 0.3) is 0 Å². The second-order valence-electron chi connectivity index (χ2n) is 5.12. The molecule has 94 valence electrons. The van der Waals surface area contributed by atoms with Gasteiger partial charge >= 0.3 is 0 Å². The lowest BCUT2D eigenvalue weighted by atomic mass is 9.85. The van der Waals surface area contributed by atoms with Crippen molar-refractivity contribution >= 4 is 0 Å². The van der Waals surface area contributed by atoms with Crippen LogP contribution in [0.25, 0.3) is 0 Å². The maximum absolute atomic E-state index is 6.50. The number of hydrogen-bond acceptors (Lipinski definition) is 1. The van der Waals surface area contributed by atoms with Crippen molar-refractivity contribution < 1.29 is 0 Å². The molecule has 2 N–H and O–H groups in total. The van der Waals surface area contributed by atoms with Crippen molar-refractivity contribution in [2.75, 3.05) is 0 Å². The van der Waals surface area contributed by atoms with Gasteiger partial charge in [-0.15, -0.1) is 0 Å². The molecule has 0 saturated carbocycles. The molecule has 0 radical (unpaired) electrons. The van der Waals surface area contributed by atoms with Crippen molar-refractivity contribution in [1.82, 2.24) is 0 Å². The number of rotatable bonds is 3. The highest BCUT2D eigenvalue weighted by Crippen LogP contribution is 2.26. The van der Waals surface area contributed by atoms with Crippen LogP contribution in [0.4, 0.5) is 0 Å². The number of aryl methyl sites for hydroxylation is 2. The SMILES string of the molecule is CCc1ccc(C(C)(N)c2ccc(C)cc2)cc1. The maximum atomic E-state index is 6.50. The van der Waals surface area contributed by atoms with Gasteiger partial charge in [0.05, 0.1) is 5.54 Å². The molecule has 0 aliphatic rings. The van der Waals surface area contributed by atoms with E-state index in [4.69, 9.17) is 5.73 Å². The average Bonchev–Trinajstić information content (AvgIpc) is 2.39. The zero-order chi connectivity index (χ0) is 13.2. The largest absolute Gasteiger partial charge is 0.318 e. The second kappa shape index (κ2) is 4.95. The van der Waals surface area contributed by atoms with E-state index in [0.29, 0.717) is 0 Å². The lowest BCUT2D eigenvalue weighted by Crippen LogP contribution is -2.34. The number of nitrogens with two attached hydrogens (primary N) is 1. The molecule has 1 unspecified atom stereocenters. The summed E-state index contributed by atoms with van der Waals surface area (Å²) in [4.78, 5) is 0. The van der Waals surface area contributed by atoms with E-state index in [1.807, 2.05) is 0 Å². The Kier molecular flexibility index (Phi) is 3.53. The van der Waals surface area contributed by atoms with E-state index in [1.165, 1.54) is 11.1 Å². The van der Waals surface area contributed by atoms with Crippen LogP contribution in [0, 0.1) is 6.92 Å². The van der Waals surface area contributed by atoms with Crippen molar-refractivity contribution in [2.45, 2.75) is 32.7 Å². The highest BCUT2D eigenvalue weighted by atomic mass is 14.7. The van der Waals surface area contributed by atoms with E-state index in [2.05, 4.69) is 69.3 Å². The molecule has 1 atom stereocenters. The van der Waals surface area contributed by atoms with E-state index < -0.39 is 5.54 Å². The van der Waals surface area contributed by atoms with Crippen molar-refractivity contribution in [3.63, 3.8) is 0 Å². The van der Waals surface area contributed by atoms with Gasteiger partial charge in [-0.2, -0.15) is 0 Å². The number of hydrogen-bond donors (Lipinski definition) is 1. The van der Waals surface area contributed by atoms with Crippen LogP contribution in [-0.4, -0.2) is 0 Å². The Bertz CT molecular complexity index is 506. The van der Waals surface area contributed by atoms with Crippen molar-refractivity contribution in [3.05, 3.63) is 70.8 Å². The summed E-state index contributed by atoms with van der Waals surface area (Å²) < 4.78 is 0. The fourth-order valence-electron chi connectivity index (χ4n) is 2.15. The van der Waals surface area contributed by atoms with E-state index in [0.717, 1.165) is 17.5 Å². The van der Waals surface area contributed by atoms with Crippen molar-refractivity contribution in [1.29, 1.82) is 0 Å². The molecule has 0 amide bonds.